The second-order valence-electron chi connectivity index (χ2n) is 4.33. The zero-order valence-corrected chi connectivity index (χ0v) is 10.1. The number of benzene rings is 1. The summed E-state index contributed by atoms with van der Waals surface area (Å²) in [4.78, 5) is 15.6. The highest BCUT2D eigenvalue weighted by Crippen LogP contribution is 2.20. The van der Waals surface area contributed by atoms with Crippen LogP contribution in [0.3, 0.4) is 0 Å². The van der Waals surface area contributed by atoms with E-state index in [0.717, 1.165) is 25.2 Å². The molecule has 4 nitrogen and oxygen atoms in total. The Morgan fingerprint density at radius 3 is 2.59 bits per heavy atom. The van der Waals surface area contributed by atoms with Gasteiger partial charge in [0.1, 0.15) is 0 Å². The van der Waals surface area contributed by atoms with E-state index in [1.165, 1.54) is 5.56 Å². The second kappa shape index (κ2) is 5.19. The number of anilines is 1. The van der Waals surface area contributed by atoms with Crippen molar-refractivity contribution in [3.8, 4) is 0 Å². The summed E-state index contributed by atoms with van der Waals surface area (Å²) >= 11 is 0. The molecule has 0 atom stereocenters. The summed E-state index contributed by atoms with van der Waals surface area (Å²) < 4.78 is 0. The van der Waals surface area contributed by atoms with Crippen LogP contribution < -0.4 is 4.90 Å². The molecule has 1 aliphatic heterocycles. The van der Waals surface area contributed by atoms with Gasteiger partial charge in [0.15, 0.2) is 0 Å². The molecule has 1 heterocycles. The van der Waals surface area contributed by atoms with Gasteiger partial charge in [-0.05, 0) is 25.5 Å². The van der Waals surface area contributed by atoms with E-state index in [4.69, 9.17) is 5.11 Å². The maximum Gasteiger partial charge on any atom is 0.324 e. The van der Waals surface area contributed by atoms with Crippen LogP contribution in [0.1, 0.15) is 12.0 Å². The molecule has 0 radical (unpaired) electrons. The lowest BCUT2D eigenvalue weighted by atomic mass is 10.2. The molecule has 0 unspecified atom stereocenters. The minimum absolute atomic E-state index is 0.00541. The molecular weight excluding hydrogens is 216 g/mol. The largest absolute Gasteiger partial charge is 0.395 e. The van der Waals surface area contributed by atoms with Crippen molar-refractivity contribution in [2.75, 3.05) is 31.1 Å². The van der Waals surface area contributed by atoms with Crippen LogP contribution >= 0.6 is 0 Å². The molecule has 0 bridgehead atoms. The van der Waals surface area contributed by atoms with Gasteiger partial charge in [-0.25, -0.2) is 4.79 Å². The molecule has 1 fully saturated rings. The van der Waals surface area contributed by atoms with Crippen LogP contribution in [-0.2, 0) is 0 Å². The zero-order chi connectivity index (χ0) is 12.3. The molecule has 1 aromatic rings. The molecule has 0 aliphatic carbocycles. The lowest BCUT2D eigenvalue weighted by Gasteiger charge is -2.35. The average Bonchev–Trinajstić information content (AvgIpc) is 2.34. The molecule has 17 heavy (non-hydrogen) atoms. The number of amides is 2. The second-order valence-corrected chi connectivity index (χ2v) is 4.33. The van der Waals surface area contributed by atoms with Crippen LogP contribution in [0, 0.1) is 6.92 Å². The van der Waals surface area contributed by atoms with Crippen LogP contribution in [0.15, 0.2) is 24.3 Å². The molecule has 0 saturated carbocycles. The van der Waals surface area contributed by atoms with Gasteiger partial charge >= 0.3 is 6.03 Å². The standard InChI is InChI=1S/C13H18N2O2/c1-11-3-5-12(6-4-11)15-8-2-7-14(9-10-16)13(15)17/h3-6,16H,2,7-10H2,1H3. The monoisotopic (exact) mass is 234 g/mol. The molecule has 0 spiro atoms. The maximum atomic E-state index is 12.1. The molecule has 1 aliphatic rings. The predicted molar refractivity (Wildman–Crippen MR) is 67.2 cm³/mol. The molecule has 4 heteroatoms. The van der Waals surface area contributed by atoms with E-state index in [1.807, 2.05) is 31.2 Å². The van der Waals surface area contributed by atoms with E-state index in [1.54, 1.807) is 9.80 Å². The molecule has 2 rings (SSSR count). The summed E-state index contributed by atoms with van der Waals surface area (Å²) in [5, 5.41) is 8.92. The van der Waals surface area contributed by atoms with E-state index < -0.39 is 0 Å². The lowest BCUT2D eigenvalue weighted by molar-refractivity contribution is 0.174. The molecule has 1 saturated heterocycles. The van der Waals surface area contributed by atoms with Gasteiger partial charge in [-0.1, -0.05) is 17.7 Å². The minimum Gasteiger partial charge on any atom is -0.395 e. The lowest BCUT2D eigenvalue weighted by Crippen LogP contribution is -2.50. The normalized spacial score (nSPS) is 16.5. The number of urea groups is 1. The van der Waals surface area contributed by atoms with E-state index in [2.05, 4.69) is 0 Å². The van der Waals surface area contributed by atoms with Gasteiger partial charge in [0.2, 0.25) is 0 Å². The summed E-state index contributed by atoms with van der Waals surface area (Å²) in [7, 11) is 0. The quantitative estimate of drug-likeness (QED) is 0.863. The average molecular weight is 234 g/mol. The van der Waals surface area contributed by atoms with Crippen LogP contribution in [0.25, 0.3) is 0 Å². The van der Waals surface area contributed by atoms with Crippen molar-refractivity contribution < 1.29 is 9.90 Å². The smallest absolute Gasteiger partial charge is 0.324 e. The maximum absolute atomic E-state index is 12.1. The molecule has 1 aromatic carbocycles. The van der Waals surface area contributed by atoms with Crippen molar-refractivity contribution in [3.05, 3.63) is 29.8 Å². The van der Waals surface area contributed by atoms with Gasteiger partial charge in [-0.3, -0.25) is 4.90 Å². The van der Waals surface area contributed by atoms with Crippen molar-refractivity contribution in [2.24, 2.45) is 0 Å². The highest BCUT2D eigenvalue weighted by Gasteiger charge is 2.25. The van der Waals surface area contributed by atoms with Crippen LogP contribution in [0.4, 0.5) is 10.5 Å². The van der Waals surface area contributed by atoms with Crippen molar-refractivity contribution in [1.29, 1.82) is 0 Å². The third-order valence-electron chi connectivity index (χ3n) is 3.03. The fourth-order valence-electron chi connectivity index (χ4n) is 2.07. The Morgan fingerprint density at radius 2 is 1.94 bits per heavy atom. The summed E-state index contributed by atoms with van der Waals surface area (Å²) in [6, 6.07) is 7.95. The summed E-state index contributed by atoms with van der Waals surface area (Å²) in [5.41, 5.74) is 2.12. The fraction of sp³-hybridized carbons (Fsp3) is 0.462. The summed E-state index contributed by atoms with van der Waals surface area (Å²) in [6.45, 7) is 3.96. The Kier molecular flexibility index (Phi) is 3.64. The molecule has 2 amide bonds. The minimum atomic E-state index is -0.00541. The Balaban J connectivity index is 2.14. The summed E-state index contributed by atoms with van der Waals surface area (Å²) in [5.74, 6) is 0. The van der Waals surface area contributed by atoms with E-state index in [9.17, 15) is 4.79 Å². The highest BCUT2D eigenvalue weighted by atomic mass is 16.3. The third kappa shape index (κ3) is 2.58. The molecular formula is C13H18N2O2. The van der Waals surface area contributed by atoms with E-state index >= 15 is 0 Å². The Labute approximate surface area is 101 Å². The Bertz CT molecular complexity index is 387. The van der Waals surface area contributed by atoms with Crippen molar-refractivity contribution in [3.63, 3.8) is 0 Å². The third-order valence-corrected chi connectivity index (χ3v) is 3.03. The number of hydrogen-bond donors (Lipinski definition) is 1. The Hall–Kier alpha value is -1.55. The number of rotatable bonds is 3. The first kappa shape index (κ1) is 11.9. The molecule has 0 aromatic heterocycles. The first-order valence-corrected chi connectivity index (χ1v) is 5.96. The van der Waals surface area contributed by atoms with Gasteiger partial charge in [0, 0.05) is 25.3 Å². The number of carbonyl (C=O) groups is 1. The molecule has 92 valence electrons. The topological polar surface area (TPSA) is 43.8 Å². The molecule has 1 N–H and O–H groups in total. The van der Waals surface area contributed by atoms with Crippen LogP contribution in [0.2, 0.25) is 0 Å². The highest BCUT2D eigenvalue weighted by molar-refractivity contribution is 5.92. The number of hydrogen-bond acceptors (Lipinski definition) is 2. The number of nitrogens with zero attached hydrogens (tertiary/aromatic N) is 2. The van der Waals surface area contributed by atoms with Crippen molar-refractivity contribution in [1.82, 2.24) is 4.90 Å². The first-order valence-electron chi connectivity index (χ1n) is 5.96. The summed E-state index contributed by atoms with van der Waals surface area (Å²) in [6.07, 6.45) is 0.944. The van der Waals surface area contributed by atoms with Crippen molar-refractivity contribution in [2.45, 2.75) is 13.3 Å². The van der Waals surface area contributed by atoms with Crippen molar-refractivity contribution >= 4 is 11.7 Å². The number of aryl methyl sites for hydroxylation is 1. The predicted octanol–water partition coefficient (Wildman–Crippen LogP) is 1.62. The van der Waals surface area contributed by atoms with Gasteiger partial charge < -0.3 is 10.0 Å². The van der Waals surface area contributed by atoms with Gasteiger partial charge in [-0.15, -0.1) is 0 Å². The van der Waals surface area contributed by atoms with Gasteiger partial charge in [0.25, 0.3) is 0 Å². The SMILES string of the molecule is Cc1ccc(N2CCCN(CCO)C2=O)cc1. The first-order chi connectivity index (χ1) is 8.22. The fourth-order valence-corrected chi connectivity index (χ4v) is 2.07. The van der Waals surface area contributed by atoms with Crippen LogP contribution in [-0.4, -0.2) is 42.3 Å². The van der Waals surface area contributed by atoms with Crippen LogP contribution in [0.5, 0.6) is 0 Å². The Morgan fingerprint density at radius 1 is 1.24 bits per heavy atom. The number of carbonyl (C=O) groups excluding carboxylic acids is 1. The number of β-amino-alcohol motifs (C(OH)–C–C–N with tert-alkyl or cyclic N) is 1. The number of aliphatic hydroxyl groups is 1. The number of aliphatic hydroxyl groups excluding tert-OH is 1. The van der Waals surface area contributed by atoms with Gasteiger partial charge in [0.05, 0.1) is 6.61 Å². The van der Waals surface area contributed by atoms with Gasteiger partial charge in [-0.2, -0.15) is 0 Å². The zero-order valence-electron chi connectivity index (χ0n) is 10.1. The van der Waals surface area contributed by atoms with E-state index in [-0.39, 0.29) is 12.6 Å². The van der Waals surface area contributed by atoms with E-state index in [0.29, 0.717) is 6.54 Å².